The number of carbonyl (C=O) groups is 2. The van der Waals surface area contributed by atoms with Gasteiger partial charge in [-0.25, -0.2) is 0 Å². The van der Waals surface area contributed by atoms with Crippen LogP contribution < -0.4 is 10.4 Å². The van der Waals surface area contributed by atoms with Crippen LogP contribution in [0.3, 0.4) is 0 Å². The summed E-state index contributed by atoms with van der Waals surface area (Å²) >= 11 is 0. The maximum absolute atomic E-state index is 12.3. The van der Waals surface area contributed by atoms with Gasteiger partial charge in [-0.2, -0.15) is 0 Å². The van der Waals surface area contributed by atoms with E-state index < -0.39 is 17.9 Å². The molecular formula is C17H16N3O4-. The summed E-state index contributed by atoms with van der Waals surface area (Å²) in [6.07, 6.45) is 1.85. The standard InChI is InChI=1S/C17H17N3O4/c1-9-15(10(2)24-20-9)16(21)19-14(17(22)23)7-11-8-18-13-6-4-3-5-12(11)13/h3-6,8,14,18H,7H2,1-2H3,(H,19,21)(H,22,23)/p-1/t14-/m0/s1. The molecule has 1 atom stereocenters. The van der Waals surface area contributed by atoms with E-state index in [4.69, 9.17) is 4.52 Å². The molecule has 0 spiro atoms. The summed E-state index contributed by atoms with van der Waals surface area (Å²) in [6, 6.07) is 6.39. The first kappa shape index (κ1) is 15.8. The molecule has 1 amide bonds. The lowest BCUT2D eigenvalue weighted by Gasteiger charge is -2.19. The Morgan fingerprint density at radius 2 is 2.08 bits per heavy atom. The number of hydrogen-bond donors (Lipinski definition) is 2. The van der Waals surface area contributed by atoms with Gasteiger partial charge in [-0.15, -0.1) is 0 Å². The minimum absolute atomic E-state index is 0.113. The monoisotopic (exact) mass is 326 g/mol. The number of carboxylic acids is 1. The maximum Gasteiger partial charge on any atom is 0.257 e. The summed E-state index contributed by atoms with van der Waals surface area (Å²) in [5.74, 6) is -1.55. The van der Waals surface area contributed by atoms with Crippen LogP contribution in [0, 0.1) is 13.8 Å². The first-order valence-corrected chi connectivity index (χ1v) is 7.47. The number of benzene rings is 1. The van der Waals surface area contributed by atoms with E-state index in [1.807, 2.05) is 24.3 Å². The van der Waals surface area contributed by atoms with E-state index in [-0.39, 0.29) is 12.0 Å². The Balaban J connectivity index is 1.83. The van der Waals surface area contributed by atoms with Crippen LogP contribution >= 0.6 is 0 Å². The Labute approximate surface area is 137 Å². The van der Waals surface area contributed by atoms with Crippen molar-refractivity contribution in [1.29, 1.82) is 0 Å². The number of aromatic nitrogens is 2. The number of fused-ring (bicyclic) bond motifs is 1. The summed E-state index contributed by atoms with van der Waals surface area (Å²) in [7, 11) is 0. The van der Waals surface area contributed by atoms with Gasteiger partial charge in [-0.1, -0.05) is 23.4 Å². The van der Waals surface area contributed by atoms with Crippen LogP contribution in [0.1, 0.15) is 27.4 Å². The van der Waals surface area contributed by atoms with Gasteiger partial charge < -0.3 is 24.7 Å². The molecule has 3 aromatic rings. The zero-order chi connectivity index (χ0) is 17.3. The number of carboxylic acid groups (broad SMARTS) is 1. The quantitative estimate of drug-likeness (QED) is 0.722. The predicted molar refractivity (Wildman–Crippen MR) is 84.2 cm³/mol. The normalized spacial score (nSPS) is 12.2. The number of para-hydroxylation sites is 1. The van der Waals surface area contributed by atoms with Crippen LogP contribution in [-0.2, 0) is 11.2 Å². The molecule has 0 saturated carbocycles. The van der Waals surface area contributed by atoms with Crippen LogP contribution in [0.5, 0.6) is 0 Å². The third kappa shape index (κ3) is 2.88. The second-order valence-corrected chi connectivity index (χ2v) is 5.61. The average Bonchev–Trinajstić information content (AvgIpc) is 3.10. The van der Waals surface area contributed by atoms with Crippen molar-refractivity contribution in [1.82, 2.24) is 15.5 Å². The van der Waals surface area contributed by atoms with Crippen LogP contribution in [-0.4, -0.2) is 28.1 Å². The number of hydrogen-bond acceptors (Lipinski definition) is 5. The highest BCUT2D eigenvalue weighted by molar-refractivity contribution is 5.98. The van der Waals surface area contributed by atoms with Crippen molar-refractivity contribution in [2.45, 2.75) is 26.3 Å². The van der Waals surface area contributed by atoms with Crippen molar-refractivity contribution in [3.8, 4) is 0 Å². The molecule has 7 nitrogen and oxygen atoms in total. The summed E-state index contributed by atoms with van der Waals surface area (Å²) in [5, 5.41) is 18.6. The molecule has 24 heavy (non-hydrogen) atoms. The molecule has 1 aromatic carbocycles. The number of H-pyrrole nitrogens is 1. The zero-order valence-electron chi connectivity index (χ0n) is 13.3. The minimum Gasteiger partial charge on any atom is -0.548 e. The first-order valence-electron chi connectivity index (χ1n) is 7.47. The van der Waals surface area contributed by atoms with Crippen molar-refractivity contribution < 1.29 is 19.2 Å². The van der Waals surface area contributed by atoms with E-state index in [9.17, 15) is 14.7 Å². The first-order chi connectivity index (χ1) is 11.5. The molecule has 3 rings (SSSR count). The van der Waals surface area contributed by atoms with Crippen molar-refractivity contribution in [3.05, 3.63) is 53.0 Å². The van der Waals surface area contributed by atoms with Gasteiger partial charge in [0.05, 0.1) is 17.7 Å². The number of nitrogens with one attached hydrogen (secondary N) is 2. The van der Waals surface area contributed by atoms with E-state index >= 15 is 0 Å². The number of carbonyl (C=O) groups excluding carboxylic acids is 2. The number of aliphatic carboxylic acids is 1. The van der Waals surface area contributed by atoms with Crippen LogP contribution in [0.4, 0.5) is 0 Å². The molecule has 0 saturated heterocycles. The van der Waals surface area contributed by atoms with Gasteiger partial charge in [-0.3, -0.25) is 4.79 Å². The Kier molecular flexibility index (Phi) is 4.07. The van der Waals surface area contributed by atoms with Crippen LogP contribution in [0.15, 0.2) is 35.0 Å². The molecule has 7 heteroatoms. The molecule has 0 radical (unpaired) electrons. The zero-order valence-corrected chi connectivity index (χ0v) is 13.3. The molecule has 2 aromatic heterocycles. The fraction of sp³-hybridized carbons (Fsp3) is 0.235. The fourth-order valence-corrected chi connectivity index (χ4v) is 2.75. The van der Waals surface area contributed by atoms with Gasteiger partial charge >= 0.3 is 0 Å². The lowest BCUT2D eigenvalue weighted by atomic mass is 10.0. The average molecular weight is 326 g/mol. The van der Waals surface area contributed by atoms with Crippen molar-refractivity contribution in [2.75, 3.05) is 0 Å². The van der Waals surface area contributed by atoms with Crippen molar-refractivity contribution in [2.24, 2.45) is 0 Å². The Morgan fingerprint density at radius 1 is 1.33 bits per heavy atom. The van der Waals surface area contributed by atoms with Crippen molar-refractivity contribution >= 4 is 22.8 Å². The molecule has 2 heterocycles. The summed E-state index contributed by atoms with van der Waals surface area (Å²) < 4.78 is 4.94. The highest BCUT2D eigenvalue weighted by atomic mass is 16.5. The minimum atomic E-state index is -1.35. The second kappa shape index (κ2) is 6.19. The van der Waals surface area contributed by atoms with Gasteiger partial charge in [0.25, 0.3) is 5.91 Å². The Morgan fingerprint density at radius 3 is 2.75 bits per heavy atom. The number of aryl methyl sites for hydroxylation is 2. The van der Waals surface area contributed by atoms with E-state index in [0.717, 1.165) is 16.5 Å². The third-order valence-electron chi connectivity index (χ3n) is 3.95. The predicted octanol–water partition coefficient (Wildman–Crippen LogP) is 0.864. The van der Waals surface area contributed by atoms with Gasteiger partial charge in [0, 0.05) is 23.5 Å². The summed E-state index contributed by atoms with van der Waals surface area (Å²) in [5.41, 5.74) is 2.36. The topological polar surface area (TPSA) is 111 Å². The van der Waals surface area contributed by atoms with E-state index in [0.29, 0.717) is 11.5 Å². The van der Waals surface area contributed by atoms with E-state index in [2.05, 4.69) is 15.5 Å². The SMILES string of the molecule is Cc1noc(C)c1C(=O)N[C@@H](Cc1c[nH]c2ccccc12)C(=O)[O-]. The number of rotatable bonds is 5. The van der Waals surface area contributed by atoms with Gasteiger partial charge in [0.2, 0.25) is 0 Å². The second-order valence-electron chi connectivity index (χ2n) is 5.61. The van der Waals surface area contributed by atoms with Crippen LogP contribution in [0.2, 0.25) is 0 Å². The summed E-state index contributed by atoms with van der Waals surface area (Å²) in [6.45, 7) is 3.22. The number of aromatic amines is 1. The molecule has 0 bridgehead atoms. The van der Waals surface area contributed by atoms with Crippen molar-refractivity contribution in [3.63, 3.8) is 0 Å². The molecule has 2 N–H and O–H groups in total. The van der Waals surface area contributed by atoms with Gasteiger partial charge in [0.15, 0.2) is 0 Å². The van der Waals surface area contributed by atoms with Crippen LogP contribution in [0.25, 0.3) is 10.9 Å². The highest BCUT2D eigenvalue weighted by Crippen LogP contribution is 2.19. The third-order valence-corrected chi connectivity index (χ3v) is 3.95. The summed E-state index contributed by atoms with van der Waals surface area (Å²) in [4.78, 5) is 26.9. The molecule has 0 aliphatic carbocycles. The fourth-order valence-electron chi connectivity index (χ4n) is 2.75. The molecule has 0 aliphatic rings. The molecule has 0 aliphatic heterocycles. The lowest BCUT2D eigenvalue weighted by molar-refractivity contribution is -0.308. The molecular weight excluding hydrogens is 310 g/mol. The Hall–Kier alpha value is -3.09. The Bertz CT molecular complexity index is 890. The smallest absolute Gasteiger partial charge is 0.257 e. The van der Waals surface area contributed by atoms with Gasteiger partial charge in [0.1, 0.15) is 11.3 Å². The number of nitrogens with zero attached hydrogens (tertiary/aromatic N) is 1. The van der Waals surface area contributed by atoms with E-state index in [1.165, 1.54) is 0 Å². The number of amides is 1. The molecule has 0 fully saturated rings. The maximum atomic E-state index is 12.3. The lowest BCUT2D eigenvalue weighted by Crippen LogP contribution is -2.49. The molecule has 0 unspecified atom stereocenters. The highest BCUT2D eigenvalue weighted by Gasteiger charge is 2.22. The molecule has 124 valence electrons. The largest absolute Gasteiger partial charge is 0.548 e. The van der Waals surface area contributed by atoms with Gasteiger partial charge in [-0.05, 0) is 25.5 Å². The van der Waals surface area contributed by atoms with E-state index in [1.54, 1.807) is 20.0 Å².